The van der Waals surface area contributed by atoms with Gasteiger partial charge in [-0.3, -0.25) is 4.79 Å². The average molecular weight is 263 g/mol. The Hall–Kier alpha value is -1.20. The Labute approximate surface area is 111 Å². The summed E-state index contributed by atoms with van der Waals surface area (Å²) in [6.45, 7) is 1.91. The molecule has 2 aliphatic rings. The first-order valence-corrected chi connectivity index (χ1v) is 7.25. The summed E-state index contributed by atoms with van der Waals surface area (Å²) in [5.41, 5.74) is 2.12. The summed E-state index contributed by atoms with van der Waals surface area (Å²) in [6.07, 6.45) is 1.04. The van der Waals surface area contributed by atoms with E-state index in [1.165, 1.54) is 4.90 Å². The van der Waals surface area contributed by atoms with Crippen molar-refractivity contribution in [3.63, 3.8) is 0 Å². The zero-order chi connectivity index (χ0) is 12.5. The third kappa shape index (κ3) is 1.97. The lowest BCUT2D eigenvalue weighted by Crippen LogP contribution is -2.44. The average Bonchev–Trinajstić information content (AvgIpc) is 2.91. The predicted octanol–water partition coefficient (Wildman–Crippen LogP) is 1.53. The number of carbonyl (C=O) groups is 1. The zero-order valence-corrected chi connectivity index (χ0v) is 11.2. The molecule has 4 nitrogen and oxygen atoms in total. The van der Waals surface area contributed by atoms with Crippen LogP contribution in [0.2, 0.25) is 0 Å². The number of nitrogens with zero attached hydrogens (tertiary/aromatic N) is 1. The monoisotopic (exact) mass is 263 g/mol. The molecular weight excluding hydrogens is 246 g/mol. The summed E-state index contributed by atoms with van der Waals surface area (Å²) in [7, 11) is 1.90. The largest absolute Gasteiger partial charge is 0.388 e. The van der Waals surface area contributed by atoms with E-state index in [9.17, 15) is 4.79 Å². The van der Waals surface area contributed by atoms with E-state index in [0.717, 1.165) is 30.9 Å². The zero-order valence-electron chi connectivity index (χ0n) is 10.4. The first kappa shape index (κ1) is 11.9. The molecule has 2 N–H and O–H groups in total. The second-order valence-corrected chi connectivity index (χ2v) is 5.65. The van der Waals surface area contributed by atoms with Gasteiger partial charge in [0.05, 0.1) is 17.5 Å². The quantitative estimate of drug-likeness (QED) is 0.849. The highest BCUT2D eigenvalue weighted by Gasteiger charge is 2.32. The van der Waals surface area contributed by atoms with Crippen molar-refractivity contribution >= 4 is 29.0 Å². The van der Waals surface area contributed by atoms with E-state index in [-0.39, 0.29) is 5.91 Å². The Balaban J connectivity index is 2.00. The number of benzene rings is 1. The van der Waals surface area contributed by atoms with Gasteiger partial charge in [0.2, 0.25) is 5.91 Å². The molecule has 0 spiro atoms. The number of anilines is 2. The number of rotatable bonds is 2. The number of fused-ring (bicyclic) bond motifs is 1. The van der Waals surface area contributed by atoms with Crippen molar-refractivity contribution < 1.29 is 4.79 Å². The third-order valence-electron chi connectivity index (χ3n) is 3.53. The maximum atomic E-state index is 12.2. The number of hydrogen-bond donors (Lipinski definition) is 2. The van der Waals surface area contributed by atoms with E-state index in [0.29, 0.717) is 11.8 Å². The normalized spacial score (nSPS) is 23.1. The molecule has 1 unspecified atom stereocenters. The fourth-order valence-corrected chi connectivity index (χ4v) is 3.47. The van der Waals surface area contributed by atoms with Crippen LogP contribution in [0.1, 0.15) is 6.42 Å². The lowest BCUT2D eigenvalue weighted by Gasteiger charge is -2.33. The number of nitrogens with one attached hydrogen (secondary N) is 2. The molecule has 0 aliphatic carbocycles. The Bertz CT molecular complexity index is 471. The van der Waals surface area contributed by atoms with Crippen LogP contribution in [0.5, 0.6) is 0 Å². The second-order valence-electron chi connectivity index (χ2n) is 4.63. The summed E-state index contributed by atoms with van der Waals surface area (Å²) in [4.78, 5) is 15.4. The van der Waals surface area contributed by atoms with Crippen molar-refractivity contribution in [1.82, 2.24) is 5.32 Å². The molecule has 0 radical (unpaired) electrons. The van der Waals surface area contributed by atoms with Crippen LogP contribution in [-0.4, -0.2) is 37.8 Å². The van der Waals surface area contributed by atoms with Crippen LogP contribution in [0.15, 0.2) is 23.1 Å². The molecule has 1 aromatic rings. The topological polar surface area (TPSA) is 44.4 Å². The van der Waals surface area contributed by atoms with Crippen LogP contribution < -0.4 is 15.5 Å². The van der Waals surface area contributed by atoms with Crippen molar-refractivity contribution in [3.05, 3.63) is 18.2 Å². The fraction of sp³-hybridized carbons (Fsp3) is 0.462. The van der Waals surface area contributed by atoms with Crippen LogP contribution in [0, 0.1) is 0 Å². The van der Waals surface area contributed by atoms with E-state index in [4.69, 9.17) is 0 Å². The summed E-state index contributed by atoms with van der Waals surface area (Å²) in [5, 5.41) is 6.47. The SMILES string of the molecule is CNc1ccc2c(c1)N(C1CCNC1)C(=O)CS2. The molecular formula is C13H17N3OS. The minimum Gasteiger partial charge on any atom is -0.388 e. The molecule has 1 atom stereocenters. The molecule has 2 heterocycles. The second kappa shape index (κ2) is 4.82. The summed E-state index contributed by atoms with van der Waals surface area (Å²) < 4.78 is 0. The van der Waals surface area contributed by atoms with Gasteiger partial charge in [0.15, 0.2) is 0 Å². The molecule has 3 rings (SSSR count). The van der Waals surface area contributed by atoms with E-state index < -0.39 is 0 Å². The maximum absolute atomic E-state index is 12.2. The molecule has 1 fully saturated rings. The van der Waals surface area contributed by atoms with Crippen molar-refractivity contribution in [2.75, 3.05) is 36.1 Å². The molecule has 2 aliphatic heterocycles. The highest BCUT2D eigenvalue weighted by molar-refractivity contribution is 8.00. The highest BCUT2D eigenvalue weighted by Crippen LogP contribution is 2.38. The number of amides is 1. The van der Waals surface area contributed by atoms with Gasteiger partial charge >= 0.3 is 0 Å². The number of hydrogen-bond acceptors (Lipinski definition) is 4. The fourth-order valence-electron chi connectivity index (χ4n) is 2.59. The molecule has 1 aromatic carbocycles. The first-order valence-electron chi connectivity index (χ1n) is 6.27. The lowest BCUT2D eigenvalue weighted by molar-refractivity contribution is -0.116. The van der Waals surface area contributed by atoms with E-state index in [1.807, 2.05) is 11.9 Å². The van der Waals surface area contributed by atoms with Gasteiger partial charge in [0.1, 0.15) is 0 Å². The molecule has 18 heavy (non-hydrogen) atoms. The van der Waals surface area contributed by atoms with Crippen molar-refractivity contribution in [2.24, 2.45) is 0 Å². The Morgan fingerprint density at radius 1 is 1.50 bits per heavy atom. The Morgan fingerprint density at radius 3 is 3.11 bits per heavy atom. The highest BCUT2D eigenvalue weighted by atomic mass is 32.2. The molecule has 1 saturated heterocycles. The maximum Gasteiger partial charge on any atom is 0.237 e. The van der Waals surface area contributed by atoms with Crippen molar-refractivity contribution in [3.8, 4) is 0 Å². The smallest absolute Gasteiger partial charge is 0.237 e. The molecule has 5 heteroatoms. The summed E-state index contributed by atoms with van der Waals surface area (Å²) >= 11 is 1.64. The molecule has 1 amide bonds. The van der Waals surface area contributed by atoms with Gasteiger partial charge in [0, 0.05) is 24.2 Å². The van der Waals surface area contributed by atoms with Gasteiger partial charge in [-0.25, -0.2) is 0 Å². The standard InChI is InChI=1S/C13H17N3OS/c1-14-9-2-3-12-11(6-9)16(13(17)8-18-12)10-4-5-15-7-10/h2-3,6,10,14-15H,4-5,7-8H2,1H3. The Morgan fingerprint density at radius 2 is 2.39 bits per heavy atom. The van der Waals surface area contributed by atoms with Crippen molar-refractivity contribution in [2.45, 2.75) is 17.4 Å². The van der Waals surface area contributed by atoms with Crippen LogP contribution in [0.3, 0.4) is 0 Å². The number of carbonyl (C=O) groups excluding carboxylic acids is 1. The van der Waals surface area contributed by atoms with E-state index in [1.54, 1.807) is 11.8 Å². The van der Waals surface area contributed by atoms with Gasteiger partial charge in [-0.2, -0.15) is 0 Å². The lowest BCUT2D eigenvalue weighted by atomic mass is 10.1. The third-order valence-corrected chi connectivity index (χ3v) is 4.57. The van der Waals surface area contributed by atoms with Gasteiger partial charge in [0.25, 0.3) is 0 Å². The van der Waals surface area contributed by atoms with Crippen molar-refractivity contribution in [1.29, 1.82) is 0 Å². The summed E-state index contributed by atoms with van der Waals surface area (Å²) in [6, 6.07) is 6.56. The Kier molecular flexibility index (Phi) is 3.18. The van der Waals surface area contributed by atoms with Gasteiger partial charge in [-0.15, -0.1) is 11.8 Å². The summed E-state index contributed by atoms with van der Waals surface area (Å²) in [5.74, 6) is 0.789. The van der Waals surface area contributed by atoms with Crippen LogP contribution in [0.25, 0.3) is 0 Å². The minimum atomic E-state index is 0.231. The van der Waals surface area contributed by atoms with E-state index in [2.05, 4.69) is 28.8 Å². The molecule has 0 saturated carbocycles. The van der Waals surface area contributed by atoms with Crippen LogP contribution in [0.4, 0.5) is 11.4 Å². The number of thioether (sulfide) groups is 1. The predicted molar refractivity (Wildman–Crippen MR) is 75.5 cm³/mol. The molecule has 0 bridgehead atoms. The van der Waals surface area contributed by atoms with E-state index >= 15 is 0 Å². The molecule has 96 valence electrons. The molecule has 0 aromatic heterocycles. The minimum absolute atomic E-state index is 0.231. The first-order chi connectivity index (χ1) is 8.79. The van der Waals surface area contributed by atoms with Crippen LogP contribution in [-0.2, 0) is 4.79 Å². The van der Waals surface area contributed by atoms with Gasteiger partial charge in [-0.05, 0) is 31.2 Å². The van der Waals surface area contributed by atoms with Gasteiger partial charge < -0.3 is 15.5 Å². The van der Waals surface area contributed by atoms with Gasteiger partial charge in [-0.1, -0.05) is 0 Å². The van der Waals surface area contributed by atoms with Crippen LogP contribution >= 0.6 is 11.8 Å².